The van der Waals surface area contributed by atoms with Gasteiger partial charge in [-0.05, 0) is 49.2 Å². The Morgan fingerprint density at radius 2 is 1.63 bits per heavy atom. The number of anilines is 1. The van der Waals surface area contributed by atoms with Gasteiger partial charge in [0.2, 0.25) is 0 Å². The summed E-state index contributed by atoms with van der Waals surface area (Å²) in [6.45, 7) is 8.64. The molecule has 1 saturated heterocycles. The Bertz CT molecular complexity index is 685. The molecule has 1 aliphatic heterocycles. The van der Waals surface area contributed by atoms with Crippen LogP contribution in [0.5, 0.6) is 11.5 Å². The van der Waals surface area contributed by atoms with Gasteiger partial charge in [0.1, 0.15) is 17.3 Å². The summed E-state index contributed by atoms with van der Waals surface area (Å²) in [5.74, 6) is 1.48. The number of ether oxygens (including phenoxy) is 2. The van der Waals surface area contributed by atoms with Crippen molar-refractivity contribution in [2.45, 2.75) is 19.8 Å². The minimum absolute atomic E-state index is 0.234. The van der Waals surface area contributed by atoms with Crippen LogP contribution in [0.15, 0.2) is 48.5 Å². The van der Waals surface area contributed by atoms with Crippen molar-refractivity contribution in [1.82, 2.24) is 4.90 Å². The highest BCUT2D eigenvalue weighted by Crippen LogP contribution is 2.29. The summed E-state index contributed by atoms with van der Waals surface area (Å²) in [4.78, 5) is 4.89. The molecule has 2 aromatic rings. The minimum Gasteiger partial charge on any atom is -0.494 e. The second kappa shape index (κ2) is 10.2. The van der Waals surface area contributed by atoms with E-state index < -0.39 is 0 Å². The molecular formula is C22H29FN2O2. The third kappa shape index (κ3) is 5.86. The molecule has 3 rings (SSSR count). The fraction of sp³-hybridized carbons (Fsp3) is 0.455. The molecule has 0 atom stereocenters. The fourth-order valence-corrected chi connectivity index (χ4v) is 3.27. The number of para-hydroxylation sites is 2. The van der Waals surface area contributed by atoms with Gasteiger partial charge in [-0.3, -0.25) is 4.90 Å². The Labute approximate surface area is 161 Å². The van der Waals surface area contributed by atoms with E-state index in [2.05, 4.69) is 34.9 Å². The highest BCUT2D eigenvalue weighted by atomic mass is 19.1. The lowest BCUT2D eigenvalue weighted by atomic mass is 10.2. The summed E-state index contributed by atoms with van der Waals surface area (Å²) in [7, 11) is 0. The Kier molecular flexibility index (Phi) is 7.34. The maximum atomic E-state index is 12.9. The molecule has 5 heteroatoms. The molecule has 0 N–H and O–H groups in total. The lowest BCUT2D eigenvalue weighted by Gasteiger charge is -2.36. The zero-order chi connectivity index (χ0) is 18.9. The first kappa shape index (κ1) is 19.5. The SMILES string of the molecule is CCCOc1ccccc1N1CCN(CCCOc2ccc(F)cc2)CC1. The smallest absolute Gasteiger partial charge is 0.142 e. The van der Waals surface area contributed by atoms with Crippen molar-refractivity contribution in [3.05, 3.63) is 54.3 Å². The van der Waals surface area contributed by atoms with Crippen molar-refractivity contribution in [2.24, 2.45) is 0 Å². The van der Waals surface area contributed by atoms with Crippen molar-refractivity contribution in [3.63, 3.8) is 0 Å². The first-order chi connectivity index (χ1) is 13.3. The van der Waals surface area contributed by atoms with Crippen LogP contribution in [0.2, 0.25) is 0 Å². The molecule has 0 unspecified atom stereocenters. The van der Waals surface area contributed by atoms with Crippen LogP contribution in [0.3, 0.4) is 0 Å². The van der Waals surface area contributed by atoms with Crippen LogP contribution < -0.4 is 14.4 Å². The van der Waals surface area contributed by atoms with Crippen molar-refractivity contribution in [3.8, 4) is 11.5 Å². The maximum Gasteiger partial charge on any atom is 0.142 e. The second-order valence-electron chi connectivity index (χ2n) is 6.80. The van der Waals surface area contributed by atoms with Gasteiger partial charge in [0.05, 0.1) is 18.9 Å². The van der Waals surface area contributed by atoms with Crippen molar-refractivity contribution < 1.29 is 13.9 Å². The second-order valence-corrected chi connectivity index (χ2v) is 6.80. The predicted octanol–water partition coefficient (Wildman–Crippen LogP) is 4.21. The molecule has 1 aliphatic rings. The van der Waals surface area contributed by atoms with E-state index in [9.17, 15) is 4.39 Å². The average Bonchev–Trinajstić information content (AvgIpc) is 2.72. The molecule has 2 aromatic carbocycles. The summed E-state index contributed by atoms with van der Waals surface area (Å²) in [6.07, 6.45) is 1.98. The van der Waals surface area contributed by atoms with Crippen molar-refractivity contribution in [2.75, 3.05) is 50.8 Å². The number of benzene rings is 2. The third-order valence-corrected chi connectivity index (χ3v) is 4.74. The van der Waals surface area contributed by atoms with Crippen LogP contribution in [0.1, 0.15) is 19.8 Å². The van der Waals surface area contributed by atoms with Gasteiger partial charge in [-0.25, -0.2) is 4.39 Å². The van der Waals surface area contributed by atoms with Crippen LogP contribution in [0.4, 0.5) is 10.1 Å². The summed E-state index contributed by atoms with van der Waals surface area (Å²) in [6, 6.07) is 14.5. The molecule has 0 radical (unpaired) electrons. The number of rotatable bonds is 9. The van der Waals surface area contributed by atoms with Gasteiger partial charge < -0.3 is 14.4 Å². The number of hydrogen-bond acceptors (Lipinski definition) is 4. The van der Waals surface area contributed by atoms with E-state index in [-0.39, 0.29) is 5.82 Å². The molecular weight excluding hydrogens is 343 g/mol. The normalized spacial score (nSPS) is 15.0. The maximum absolute atomic E-state index is 12.9. The van der Waals surface area contributed by atoms with Gasteiger partial charge in [0, 0.05) is 32.7 Å². The van der Waals surface area contributed by atoms with Crippen LogP contribution >= 0.6 is 0 Å². The zero-order valence-corrected chi connectivity index (χ0v) is 16.1. The van der Waals surface area contributed by atoms with Crippen LogP contribution in [-0.2, 0) is 0 Å². The Morgan fingerprint density at radius 3 is 2.37 bits per heavy atom. The number of piperazine rings is 1. The predicted molar refractivity (Wildman–Crippen MR) is 107 cm³/mol. The molecule has 0 aliphatic carbocycles. The average molecular weight is 372 g/mol. The van der Waals surface area contributed by atoms with Crippen LogP contribution in [-0.4, -0.2) is 50.8 Å². The first-order valence-corrected chi connectivity index (χ1v) is 9.84. The van der Waals surface area contributed by atoms with E-state index >= 15 is 0 Å². The summed E-state index contributed by atoms with van der Waals surface area (Å²) in [5, 5.41) is 0. The minimum atomic E-state index is -0.234. The summed E-state index contributed by atoms with van der Waals surface area (Å²) < 4.78 is 24.5. The molecule has 4 nitrogen and oxygen atoms in total. The molecule has 1 heterocycles. The molecule has 146 valence electrons. The lowest BCUT2D eigenvalue weighted by Crippen LogP contribution is -2.46. The Balaban J connectivity index is 1.39. The summed E-state index contributed by atoms with van der Waals surface area (Å²) in [5.41, 5.74) is 1.20. The van der Waals surface area contributed by atoms with Gasteiger partial charge in [-0.1, -0.05) is 19.1 Å². The van der Waals surface area contributed by atoms with Gasteiger partial charge in [0.25, 0.3) is 0 Å². The quantitative estimate of drug-likeness (QED) is 0.616. The largest absolute Gasteiger partial charge is 0.494 e. The first-order valence-electron chi connectivity index (χ1n) is 9.84. The van der Waals surface area contributed by atoms with E-state index in [4.69, 9.17) is 9.47 Å². The highest BCUT2D eigenvalue weighted by Gasteiger charge is 2.19. The van der Waals surface area contributed by atoms with E-state index in [0.29, 0.717) is 6.61 Å². The van der Waals surface area contributed by atoms with Gasteiger partial charge in [0.15, 0.2) is 0 Å². The number of hydrogen-bond donors (Lipinski definition) is 0. The zero-order valence-electron chi connectivity index (χ0n) is 16.1. The molecule has 0 saturated carbocycles. The molecule has 0 bridgehead atoms. The van der Waals surface area contributed by atoms with E-state index in [0.717, 1.165) is 63.7 Å². The molecule has 0 aromatic heterocycles. The topological polar surface area (TPSA) is 24.9 Å². The van der Waals surface area contributed by atoms with Crippen LogP contribution in [0.25, 0.3) is 0 Å². The fourth-order valence-electron chi connectivity index (χ4n) is 3.27. The summed E-state index contributed by atoms with van der Waals surface area (Å²) >= 11 is 0. The number of halogens is 1. The Morgan fingerprint density at radius 1 is 0.889 bits per heavy atom. The van der Waals surface area contributed by atoms with E-state index in [1.165, 1.54) is 17.8 Å². The highest BCUT2D eigenvalue weighted by molar-refractivity contribution is 5.58. The van der Waals surface area contributed by atoms with Crippen LogP contribution in [0, 0.1) is 5.82 Å². The van der Waals surface area contributed by atoms with Crippen molar-refractivity contribution >= 4 is 5.69 Å². The van der Waals surface area contributed by atoms with Gasteiger partial charge >= 0.3 is 0 Å². The lowest BCUT2D eigenvalue weighted by molar-refractivity contribution is 0.224. The number of nitrogens with zero attached hydrogens (tertiary/aromatic N) is 2. The monoisotopic (exact) mass is 372 g/mol. The van der Waals surface area contributed by atoms with E-state index in [1.807, 2.05) is 6.07 Å². The molecule has 27 heavy (non-hydrogen) atoms. The van der Waals surface area contributed by atoms with Gasteiger partial charge in [-0.15, -0.1) is 0 Å². The standard InChI is InChI=1S/C22H29FN2O2/c1-2-17-27-22-7-4-3-6-21(22)25-15-13-24(14-16-25)12-5-18-26-20-10-8-19(23)9-11-20/h3-4,6-11H,2,5,12-18H2,1H3. The Hall–Kier alpha value is -2.27. The van der Waals surface area contributed by atoms with Gasteiger partial charge in [-0.2, -0.15) is 0 Å². The third-order valence-electron chi connectivity index (χ3n) is 4.74. The molecule has 0 spiro atoms. The molecule has 1 fully saturated rings. The molecule has 0 amide bonds. The van der Waals surface area contributed by atoms with E-state index in [1.54, 1.807) is 12.1 Å². The van der Waals surface area contributed by atoms with Crippen molar-refractivity contribution in [1.29, 1.82) is 0 Å².